The minimum absolute atomic E-state index is 0.0511. The molecule has 106 valence electrons. The number of aromatic nitrogens is 3. The van der Waals surface area contributed by atoms with E-state index in [1.807, 2.05) is 24.5 Å². The maximum atomic E-state index is 12.3. The first-order valence-electron chi connectivity index (χ1n) is 6.53. The highest BCUT2D eigenvalue weighted by Crippen LogP contribution is 2.23. The average Bonchev–Trinajstić information content (AvgIpc) is 2.95. The maximum absolute atomic E-state index is 12.3. The molecular formula is C14H19N5O. The minimum Gasteiger partial charge on any atom is -0.384 e. The lowest BCUT2D eigenvalue weighted by Crippen LogP contribution is -2.32. The second-order valence-electron chi connectivity index (χ2n) is 4.69. The Morgan fingerprint density at radius 3 is 2.80 bits per heavy atom. The molecule has 0 spiro atoms. The lowest BCUT2D eigenvalue weighted by Gasteiger charge is -2.22. The zero-order chi connectivity index (χ0) is 14.7. The molecule has 6 heteroatoms. The van der Waals surface area contributed by atoms with Crippen LogP contribution in [0.25, 0.3) is 11.3 Å². The highest BCUT2D eigenvalue weighted by atomic mass is 16.2. The van der Waals surface area contributed by atoms with Crippen molar-refractivity contribution in [1.82, 2.24) is 19.4 Å². The molecule has 6 nitrogen and oxygen atoms in total. The van der Waals surface area contributed by atoms with Crippen molar-refractivity contribution in [2.45, 2.75) is 19.9 Å². The van der Waals surface area contributed by atoms with E-state index in [0.717, 1.165) is 11.3 Å². The second kappa shape index (κ2) is 5.73. The van der Waals surface area contributed by atoms with Crippen LogP contribution in [0.4, 0.5) is 5.82 Å². The Bertz CT molecular complexity index is 590. The summed E-state index contributed by atoms with van der Waals surface area (Å²) in [4.78, 5) is 22.2. The number of hydrogen-bond acceptors (Lipinski definition) is 4. The molecular weight excluding hydrogens is 254 g/mol. The van der Waals surface area contributed by atoms with Crippen LogP contribution in [0, 0.1) is 0 Å². The Labute approximate surface area is 118 Å². The Morgan fingerprint density at radius 2 is 2.20 bits per heavy atom. The molecule has 2 aromatic rings. The van der Waals surface area contributed by atoms with Crippen LogP contribution in [0.2, 0.25) is 0 Å². The quantitative estimate of drug-likeness (QED) is 0.917. The van der Waals surface area contributed by atoms with Crippen molar-refractivity contribution < 1.29 is 4.79 Å². The van der Waals surface area contributed by atoms with E-state index in [-0.39, 0.29) is 11.9 Å². The molecule has 0 aliphatic carbocycles. The Balaban J connectivity index is 2.33. The van der Waals surface area contributed by atoms with Crippen LogP contribution in [0.5, 0.6) is 0 Å². The predicted octanol–water partition coefficient (Wildman–Crippen LogP) is 1.57. The number of hydrogen-bond donors (Lipinski definition) is 1. The Kier molecular flexibility index (Phi) is 4.02. The van der Waals surface area contributed by atoms with Crippen LogP contribution >= 0.6 is 0 Å². The van der Waals surface area contributed by atoms with E-state index in [1.54, 1.807) is 36.7 Å². The number of nitrogen functional groups attached to an aromatic ring is 1. The summed E-state index contributed by atoms with van der Waals surface area (Å²) in [7, 11) is 1.79. The number of carbonyl (C=O) groups excluding carboxylic acids is 1. The third kappa shape index (κ3) is 2.64. The molecule has 0 aliphatic rings. The molecule has 1 atom stereocenters. The number of likely N-dealkylation sites (N-methyl/N-ethyl adjacent to an activating group) is 1. The first kappa shape index (κ1) is 14.0. The van der Waals surface area contributed by atoms with E-state index >= 15 is 0 Å². The molecule has 0 bridgehead atoms. The molecule has 20 heavy (non-hydrogen) atoms. The first-order chi connectivity index (χ1) is 9.54. The summed E-state index contributed by atoms with van der Waals surface area (Å²) in [6.45, 7) is 4.49. The SMILES string of the molecule is CCN(C)C(=O)C(C)n1cncc1-c1ccc(N)nc1. The number of carbonyl (C=O) groups is 1. The zero-order valence-corrected chi connectivity index (χ0v) is 11.9. The molecule has 2 rings (SSSR count). The van der Waals surface area contributed by atoms with Crippen LogP contribution < -0.4 is 5.73 Å². The largest absolute Gasteiger partial charge is 0.384 e. The van der Waals surface area contributed by atoms with Crippen molar-refractivity contribution in [2.24, 2.45) is 0 Å². The standard InChI is InChI=1S/C14H19N5O/c1-4-18(3)14(20)10(2)19-9-16-8-12(19)11-5-6-13(15)17-7-11/h5-10H,4H2,1-3H3,(H2,15,17). The topological polar surface area (TPSA) is 77.0 Å². The lowest BCUT2D eigenvalue weighted by atomic mass is 10.2. The van der Waals surface area contributed by atoms with Gasteiger partial charge >= 0.3 is 0 Å². The summed E-state index contributed by atoms with van der Waals surface area (Å²) in [5.41, 5.74) is 7.32. The van der Waals surface area contributed by atoms with Crippen LogP contribution in [-0.2, 0) is 4.79 Å². The molecule has 0 aromatic carbocycles. The van der Waals surface area contributed by atoms with Crippen LogP contribution in [0.15, 0.2) is 30.9 Å². The molecule has 2 aromatic heterocycles. The number of nitrogens with zero attached hydrogens (tertiary/aromatic N) is 4. The normalized spacial score (nSPS) is 12.2. The predicted molar refractivity (Wildman–Crippen MR) is 77.9 cm³/mol. The maximum Gasteiger partial charge on any atom is 0.245 e. The van der Waals surface area contributed by atoms with Crippen molar-refractivity contribution in [2.75, 3.05) is 19.3 Å². The third-order valence-corrected chi connectivity index (χ3v) is 3.37. The molecule has 2 heterocycles. The van der Waals surface area contributed by atoms with Crippen molar-refractivity contribution in [1.29, 1.82) is 0 Å². The minimum atomic E-state index is -0.310. The summed E-state index contributed by atoms with van der Waals surface area (Å²) in [6.07, 6.45) is 5.07. The number of pyridine rings is 1. The second-order valence-corrected chi connectivity index (χ2v) is 4.69. The van der Waals surface area contributed by atoms with Gasteiger partial charge in [-0.15, -0.1) is 0 Å². The van der Waals surface area contributed by atoms with Crippen LogP contribution in [-0.4, -0.2) is 38.9 Å². The molecule has 0 aliphatic heterocycles. The number of amides is 1. The third-order valence-electron chi connectivity index (χ3n) is 3.37. The van der Waals surface area contributed by atoms with E-state index in [4.69, 9.17) is 5.73 Å². The van der Waals surface area contributed by atoms with E-state index in [9.17, 15) is 4.79 Å². The molecule has 0 saturated carbocycles. The molecule has 0 radical (unpaired) electrons. The van der Waals surface area contributed by atoms with E-state index in [0.29, 0.717) is 12.4 Å². The van der Waals surface area contributed by atoms with Gasteiger partial charge in [0.25, 0.3) is 0 Å². The van der Waals surface area contributed by atoms with Gasteiger partial charge in [0.2, 0.25) is 5.91 Å². The highest BCUT2D eigenvalue weighted by Gasteiger charge is 2.20. The average molecular weight is 273 g/mol. The van der Waals surface area contributed by atoms with Gasteiger partial charge in [0.15, 0.2) is 0 Å². The zero-order valence-electron chi connectivity index (χ0n) is 11.9. The monoisotopic (exact) mass is 273 g/mol. The fourth-order valence-electron chi connectivity index (χ4n) is 1.99. The van der Waals surface area contributed by atoms with Crippen molar-refractivity contribution in [3.63, 3.8) is 0 Å². The van der Waals surface area contributed by atoms with Crippen molar-refractivity contribution in [3.05, 3.63) is 30.9 Å². The number of rotatable bonds is 4. The van der Waals surface area contributed by atoms with Gasteiger partial charge in [0.1, 0.15) is 11.9 Å². The fourth-order valence-corrected chi connectivity index (χ4v) is 1.99. The number of imidazole rings is 1. The van der Waals surface area contributed by atoms with Crippen LogP contribution in [0.3, 0.4) is 0 Å². The Morgan fingerprint density at radius 1 is 1.45 bits per heavy atom. The molecule has 1 amide bonds. The highest BCUT2D eigenvalue weighted by molar-refractivity contribution is 5.80. The molecule has 0 saturated heterocycles. The van der Waals surface area contributed by atoms with Gasteiger partial charge in [-0.25, -0.2) is 9.97 Å². The van der Waals surface area contributed by atoms with E-state index in [2.05, 4.69) is 9.97 Å². The molecule has 2 N–H and O–H groups in total. The van der Waals surface area contributed by atoms with Gasteiger partial charge < -0.3 is 15.2 Å². The van der Waals surface area contributed by atoms with Gasteiger partial charge in [-0.05, 0) is 26.0 Å². The smallest absolute Gasteiger partial charge is 0.245 e. The molecule has 0 fully saturated rings. The van der Waals surface area contributed by atoms with E-state index < -0.39 is 0 Å². The van der Waals surface area contributed by atoms with Crippen molar-refractivity contribution >= 4 is 11.7 Å². The van der Waals surface area contributed by atoms with Crippen LogP contribution in [0.1, 0.15) is 19.9 Å². The van der Waals surface area contributed by atoms with E-state index in [1.165, 1.54) is 0 Å². The molecule has 1 unspecified atom stereocenters. The number of nitrogens with two attached hydrogens (primary N) is 1. The first-order valence-corrected chi connectivity index (χ1v) is 6.53. The van der Waals surface area contributed by atoms with Gasteiger partial charge in [0.05, 0.1) is 18.2 Å². The summed E-state index contributed by atoms with van der Waals surface area (Å²) in [5, 5.41) is 0. The Hall–Kier alpha value is -2.37. The van der Waals surface area contributed by atoms with Gasteiger partial charge in [-0.2, -0.15) is 0 Å². The number of anilines is 1. The van der Waals surface area contributed by atoms with Crippen molar-refractivity contribution in [3.8, 4) is 11.3 Å². The summed E-state index contributed by atoms with van der Waals surface area (Å²) >= 11 is 0. The van der Waals surface area contributed by atoms with Gasteiger partial charge in [-0.1, -0.05) is 0 Å². The van der Waals surface area contributed by atoms with Gasteiger partial charge in [-0.3, -0.25) is 4.79 Å². The fraction of sp³-hybridized carbons (Fsp3) is 0.357. The summed E-state index contributed by atoms with van der Waals surface area (Å²) in [6, 6.07) is 3.29. The summed E-state index contributed by atoms with van der Waals surface area (Å²) in [5.74, 6) is 0.518. The lowest BCUT2D eigenvalue weighted by molar-refractivity contribution is -0.132. The summed E-state index contributed by atoms with van der Waals surface area (Å²) < 4.78 is 1.85. The van der Waals surface area contributed by atoms with Gasteiger partial charge in [0, 0.05) is 25.4 Å².